The van der Waals surface area contributed by atoms with E-state index in [0.717, 1.165) is 20.2 Å². The third kappa shape index (κ3) is 3.75. The lowest BCUT2D eigenvalue weighted by Crippen LogP contribution is -2.15. The number of halogens is 4. The third-order valence-electron chi connectivity index (χ3n) is 2.63. The van der Waals surface area contributed by atoms with Gasteiger partial charge in [-0.2, -0.15) is 0 Å². The molecule has 2 rings (SSSR count). The number of nitrogens with two attached hydrogens (primary N) is 1. The first-order valence-electron chi connectivity index (χ1n) is 5.48. The Morgan fingerprint density at radius 2 is 2.05 bits per heavy atom. The minimum absolute atomic E-state index is 0.104. The lowest BCUT2D eigenvalue weighted by atomic mass is 10.0. The molecule has 19 heavy (non-hydrogen) atoms. The molecule has 0 aliphatic heterocycles. The van der Waals surface area contributed by atoms with Crippen molar-refractivity contribution in [2.24, 2.45) is 5.73 Å². The number of rotatable bonds is 3. The van der Waals surface area contributed by atoms with Crippen molar-refractivity contribution in [1.82, 2.24) is 4.98 Å². The van der Waals surface area contributed by atoms with Gasteiger partial charge >= 0.3 is 0 Å². The van der Waals surface area contributed by atoms with Crippen LogP contribution >= 0.6 is 43.5 Å². The van der Waals surface area contributed by atoms with Crippen molar-refractivity contribution in [2.45, 2.75) is 12.5 Å². The van der Waals surface area contributed by atoms with Crippen LogP contribution in [0.2, 0.25) is 5.02 Å². The average Bonchev–Trinajstić information content (AvgIpc) is 2.33. The summed E-state index contributed by atoms with van der Waals surface area (Å²) in [5.41, 5.74) is 7.75. The number of aromatic nitrogens is 1. The standard InChI is InChI=1S/C13H10Br2ClFN2/c14-8-5-9(15)13(19-6-8)12(18)4-7-1-2-11(17)10(16)3-7/h1-3,5-6,12H,4,18H2. The van der Waals surface area contributed by atoms with Gasteiger partial charge in [-0.3, -0.25) is 4.98 Å². The topological polar surface area (TPSA) is 38.9 Å². The Labute approximate surface area is 132 Å². The van der Waals surface area contributed by atoms with Crippen LogP contribution in [0.3, 0.4) is 0 Å². The normalized spacial score (nSPS) is 12.5. The summed E-state index contributed by atoms with van der Waals surface area (Å²) >= 11 is 12.5. The van der Waals surface area contributed by atoms with Crippen molar-refractivity contribution in [3.8, 4) is 0 Å². The highest BCUT2D eigenvalue weighted by Crippen LogP contribution is 2.26. The lowest BCUT2D eigenvalue weighted by molar-refractivity contribution is 0.625. The van der Waals surface area contributed by atoms with E-state index in [1.807, 2.05) is 6.07 Å². The van der Waals surface area contributed by atoms with Gasteiger partial charge in [0.25, 0.3) is 0 Å². The van der Waals surface area contributed by atoms with Gasteiger partial charge in [0.1, 0.15) is 5.82 Å². The van der Waals surface area contributed by atoms with Gasteiger partial charge in [-0.15, -0.1) is 0 Å². The van der Waals surface area contributed by atoms with E-state index in [-0.39, 0.29) is 11.1 Å². The van der Waals surface area contributed by atoms with Crippen LogP contribution in [0.5, 0.6) is 0 Å². The Morgan fingerprint density at radius 3 is 2.68 bits per heavy atom. The molecule has 2 N–H and O–H groups in total. The zero-order chi connectivity index (χ0) is 14.0. The highest BCUT2D eigenvalue weighted by atomic mass is 79.9. The number of benzene rings is 1. The van der Waals surface area contributed by atoms with E-state index < -0.39 is 5.82 Å². The highest BCUT2D eigenvalue weighted by Gasteiger charge is 2.13. The Kier molecular flexibility index (Phi) is 4.95. The molecule has 1 heterocycles. The van der Waals surface area contributed by atoms with Crippen LogP contribution in [-0.2, 0) is 6.42 Å². The summed E-state index contributed by atoms with van der Waals surface area (Å²) in [4.78, 5) is 4.29. The van der Waals surface area contributed by atoms with Crippen LogP contribution in [0, 0.1) is 5.82 Å². The molecule has 2 aromatic rings. The predicted octanol–water partition coefficient (Wildman–Crippen LogP) is 4.64. The maximum absolute atomic E-state index is 13.1. The Balaban J connectivity index is 2.20. The van der Waals surface area contributed by atoms with Crippen LogP contribution in [-0.4, -0.2) is 4.98 Å². The van der Waals surface area contributed by atoms with Crippen molar-refractivity contribution in [3.63, 3.8) is 0 Å². The molecule has 0 bridgehead atoms. The van der Waals surface area contributed by atoms with E-state index in [0.29, 0.717) is 6.42 Å². The molecule has 0 radical (unpaired) electrons. The van der Waals surface area contributed by atoms with Crippen LogP contribution in [0.25, 0.3) is 0 Å². The average molecular weight is 408 g/mol. The minimum atomic E-state index is -0.429. The van der Waals surface area contributed by atoms with Crippen LogP contribution in [0.4, 0.5) is 4.39 Å². The molecule has 0 aliphatic carbocycles. The molecule has 2 nitrogen and oxygen atoms in total. The van der Waals surface area contributed by atoms with E-state index in [2.05, 4.69) is 36.8 Å². The Morgan fingerprint density at radius 1 is 1.32 bits per heavy atom. The molecule has 0 fully saturated rings. The van der Waals surface area contributed by atoms with Gasteiger partial charge in [0.15, 0.2) is 0 Å². The summed E-state index contributed by atoms with van der Waals surface area (Å²) in [5, 5.41) is 0.104. The van der Waals surface area contributed by atoms with Crippen molar-refractivity contribution < 1.29 is 4.39 Å². The summed E-state index contributed by atoms with van der Waals surface area (Å²) in [7, 11) is 0. The number of nitrogens with zero attached hydrogens (tertiary/aromatic N) is 1. The molecule has 1 atom stereocenters. The van der Waals surface area contributed by atoms with E-state index >= 15 is 0 Å². The smallest absolute Gasteiger partial charge is 0.141 e. The molecule has 100 valence electrons. The van der Waals surface area contributed by atoms with Crippen LogP contribution < -0.4 is 5.73 Å². The van der Waals surface area contributed by atoms with Gasteiger partial charge in [0.05, 0.1) is 16.8 Å². The first-order valence-corrected chi connectivity index (χ1v) is 7.44. The molecule has 0 saturated heterocycles. The fourth-order valence-electron chi connectivity index (χ4n) is 1.72. The zero-order valence-electron chi connectivity index (χ0n) is 9.71. The molecule has 0 spiro atoms. The maximum atomic E-state index is 13.1. The predicted molar refractivity (Wildman–Crippen MR) is 81.7 cm³/mol. The van der Waals surface area contributed by atoms with Crippen LogP contribution in [0.15, 0.2) is 39.4 Å². The van der Waals surface area contributed by atoms with Crippen molar-refractivity contribution >= 4 is 43.5 Å². The second-order valence-corrected chi connectivity index (χ2v) is 6.26. The largest absolute Gasteiger partial charge is 0.322 e. The minimum Gasteiger partial charge on any atom is -0.322 e. The van der Waals surface area contributed by atoms with Crippen LogP contribution in [0.1, 0.15) is 17.3 Å². The molecular formula is C13H10Br2ClFN2. The highest BCUT2D eigenvalue weighted by molar-refractivity contribution is 9.11. The SMILES string of the molecule is NC(Cc1ccc(F)c(Cl)c1)c1ncc(Br)cc1Br. The Hall–Kier alpha value is -0.490. The molecule has 1 unspecified atom stereocenters. The van der Waals surface area contributed by atoms with Gasteiger partial charge in [-0.05, 0) is 62.0 Å². The molecule has 0 aliphatic rings. The molecule has 6 heteroatoms. The maximum Gasteiger partial charge on any atom is 0.141 e. The number of hydrogen-bond donors (Lipinski definition) is 1. The summed E-state index contributed by atoms with van der Waals surface area (Å²) in [6, 6.07) is 6.20. The van der Waals surface area contributed by atoms with E-state index in [1.165, 1.54) is 6.07 Å². The summed E-state index contributed by atoms with van der Waals surface area (Å²) < 4.78 is 14.8. The first kappa shape index (κ1) is 14.9. The first-order chi connectivity index (χ1) is 8.97. The van der Waals surface area contributed by atoms with E-state index in [4.69, 9.17) is 17.3 Å². The zero-order valence-corrected chi connectivity index (χ0v) is 13.6. The molecule has 0 saturated carbocycles. The van der Waals surface area contributed by atoms with Gasteiger partial charge < -0.3 is 5.73 Å². The van der Waals surface area contributed by atoms with Crippen molar-refractivity contribution in [2.75, 3.05) is 0 Å². The molecule has 0 amide bonds. The van der Waals surface area contributed by atoms with Crippen molar-refractivity contribution in [1.29, 1.82) is 0 Å². The fraction of sp³-hybridized carbons (Fsp3) is 0.154. The fourth-order valence-corrected chi connectivity index (χ4v) is 3.20. The number of hydrogen-bond acceptors (Lipinski definition) is 2. The molecular weight excluding hydrogens is 398 g/mol. The molecule has 1 aromatic heterocycles. The van der Waals surface area contributed by atoms with Gasteiger partial charge in [-0.25, -0.2) is 4.39 Å². The second-order valence-electron chi connectivity index (χ2n) is 4.08. The quantitative estimate of drug-likeness (QED) is 0.804. The monoisotopic (exact) mass is 406 g/mol. The summed E-state index contributed by atoms with van der Waals surface area (Å²) in [5.74, 6) is -0.429. The Bertz CT molecular complexity index is 607. The lowest BCUT2D eigenvalue weighted by Gasteiger charge is -2.13. The molecule has 1 aromatic carbocycles. The number of pyridine rings is 1. The summed E-state index contributed by atoms with van der Waals surface area (Å²) in [6.45, 7) is 0. The van der Waals surface area contributed by atoms with Crippen molar-refractivity contribution in [3.05, 3.63) is 61.5 Å². The summed E-state index contributed by atoms with van der Waals surface area (Å²) in [6.07, 6.45) is 2.23. The van der Waals surface area contributed by atoms with Gasteiger partial charge in [0, 0.05) is 15.1 Å². The van der Waals surface area contributed by atoms with Gasteiger partial charge in [0.2, 0.25) is 0 Å². The van der Waals surface area contributed by atoms with E-state index in [9.17, 15) is 4.39 Å². The third-order valence-corrected chi connectivity index (χ3v) is 3.99. The second kappa shape index (κ2) is 6.31. The van der Waals surface area contributed by atoms with Gasteiger partial charge in [-0.1, -0.05) is 17.7 Å². The van der Waals surface area contributed by atoms with E-state index in [1.54, 1.807) is 18.3 Å².